The van der Waals surface area contributed by atoms with Crippen LogP contribution in [0.25, 0.3) is 5.82 Å². The summed E-state index contributed by atoms with van der Waals surface area (Å²) in [5.74, 6) is 0.194. The van der Waals surface area contributed by atoms with Gasteiger partial charge in [0.2, 0.25) is 10.0 Å². The molecular formula is C14H18N6O4S. The van der Waals surface area contributed by atoms with Gasteiger partial charge >= 0.3 is 0 Å². The largest absolute Gasteiger partial charge is 0.336 e. The predicted molar refractivity (Wildman–Crippen MR) is 89.0 cm³/mol. The summed E-state index contributed by atoms with van der Waals surface area (Å²) >= 11 is 0. The second kappa shape index (κ2) is 6.41. The smallest absolute Gasteiger partial charge is 0.264 e. The molecule has 2 aromatic heterocycles. The highest BCUT2D eigenvalue weighted by Gasteiger charge is 2.28. The Balaban J connectivity index is 1.78. The Morgan fingerprint density at radius 1 is 1.20 bits per heavy atom. The summed E-state index contributed by atoms with van der Waals surface area (Å²) in [5, 5.41) is 10.4. The summed E-state index contributed by atoms with van der Waals surface area (Å²) in [4.78, 5) is 25.4. The van der Waals surface area contributed by atoms with Gasteiger partial charge in [0.05, 0.1) is 23.7 Å². The van der Waals surface area contributed by atoms with Gasteiger partial charge in [-0.1, -0.05) is 0 Å². The van der Waals surface area contributed by atoms with Gasteiger partial charge < -0.3 is 4.90 Å². The first-order valence-electron chi connectivity index (χ1n) is 7.62. The van der Waals surface area contributed by atoms with Gasteiger partial charge in [-0.15, -0.1) is 0 Å². The Labute approximate surface area is 144 Å². The molecular weight excluding hydrogens is 348 g/mol. The fourth-order valence-electron chi connectivity index (χ4n) is 2.70. The Morgan fingerprint density at radius 2 is 1.88 bits per heavy atom. The number of hydrogen-bond donors (Lipinski definition) is 1. The van der Waals surface area contributed by atoms with Crippen LogP contribution in [0.3, 0.4) is 0 Å². The lowest BCUT2D eigenvalue weighted by molar-refractivity contribution is 0.0697. The molecule has 1 saturated heterocycles. The summed E-state index contributed by atoms with van der Waals surface area (Å²) in [7, 11) is -3.24. The van der Waals surface area contributed by atoms with E-state index in [1.807, 2.05) is 0 Å². The predicted octanol–water partition coefficient (Wildman–Crippen LogP) is -1.02. The highest BCUT2D eigenvalue weighted by atomic mass is 32.2. The molecule has 0 bridgehead atoms. The van der Waals surface area contributed by atoms with E-state index < -0.39 is 10.0 Å². The molecule has 1 aliphatic rings. The van der Waals surface area contributed by atoms with E-state index in [0.717, 1.165) is 6.26 Å². The SMILES string of the molecule is Cc1c(C(=O)N2CCN(S(C)(=O)=O)CC2)cnn1-c1ccc(=O)[nH]n1. The van der Waals surface area contributed by atoms with Gasteiger partial charge in [0.15, 0.2) is 5.82 Å². The molecule has 1 fully saturated rings. The van der Waals surface area contributed by atoms with Crippen LogP contribution in [0, 0.1) is 6.92 Å². The molecule has 0 aromatic carbocycles. The molecule has 0 radical (unpaired) electrons. The molecule has 25 heavy (non-hydrogen) atoms. The Kier molecular flexibility index (Phi) is 4.43. The number of carbonyl (C=O) groups is 1. The zero-order valence-corrected chi connectivity index (χ0v) is 14.7. The standard InChI is InChI=1S/C14H18N6O4S/c1-10-11(9-15-20(10)12-3-4-13(21)17-16-12)14(22)18-5-7-19(8-6-18)25(2,23)24/h3-4,9H,5-8H2,1-2H3,(H,17,21). The van der Waals surface area contributed by atoms with Gasteiger partial charge in [0.1, 0.15) is 0 Å². The Hall–Kier alpha value is -2.53. The van der Waals surface area contributed by atoms with Crippen molar-refractivity contribution in [3.8, 4) is 5.82 Å². The van der Waals surface area contributed by atoms with E-state index in [0.29, 0.717) is 30.2 Å². The number of nitrogens with zero attached hydrogens (tertiary/aromatic N) is 5. The number of hydrogen-bond acceptors (Lipinski definition) is 6. The molecule has 3 heterocycles. The summed E-state index contributed by atoms with van der Waals surface area (Å²) in [6.07, 6.45) is 2.61. The van der Waals surface area contributed by atoms with E-state index in [4.69, 9.17) is 0 Å². The maximum Gasteiger partial charge on any atom is 0.264 e. The third kappa shape index (κ3) is 3.46. The molecule has 11 heteroatoms. The molecule has 3 rings (SSSR count). The second-order valence-electron chi connectivity index (χ2n) is 5.79. The number of nitrogens with one attached hydrogen (secondary N) is 1. The van der Waals surface area contributed by atoms with Crippen molar-refractivity contribution in [3.05, 3.63) is 39.9 Å². The third-order valence-electron chi connectivity index (χ3n) is 4.12. The van der Waals surface area contributed by atoms with Crippen molar-refractivity contribution < 1.29 is 13.2 Å². The first kappa shape index (κ1) is 17.3. The van der Waals surface area contributed by atoms with Crippen molar-refractivity contribution in [1.29, 1.82) is 0 Å². The van der Waals surface area contributed by atoms with Crippen LogP contribution in [0.2, 0.25) is 0 Å². The van der Waals surface area contributed by atoms with Gasteiger partial charge in [0.25, 0.3) is 11.5 Å². The van der Waals surface area contributed by atoms with Crippen molar-refractivity contribution in [2.75, 3.05) is 32.4 Å². The Morgan fingerprint density at radius 3 is 2.44 bits per heavy atom. The lowest BCUT2D eigenvalue weighted by Crippen LogP contribution is -2.50. The van der Waals surface area contributed by atoms with E-state index >= 15 is 0 Å². The zero-order valence-electron chi connectivity index (χ0n) is 13.8. The average Bonchev–Trinajstić information content (AvgIpc) is 2.96. The molecule has 0 atom stereocenters. The second-order valence-corrected chi connectivity index (χ2v) is 7.77. The number of piperazine rings is 1. The van der Waals surface area contributed by atoms with Crippen molar-refractivity contribution in [1.82, 2.24) is 29.2 Å². The van der Waals surface area contributed by atoms with Crippen LogP contribution < -0.4 is 5.56 Å². The van der Waals surface area contributed by atoms with Crippen LogP contribution >= 0.6 is 0 Å². The Bertz CT molecular complexity index is 935. The van der Waals surface area contributed by atoms with Crippen LogP contribution in [-0.4, -0.2) is 75.9 Å². The molecule has 0 aliphatic carbocycles. The number of H-pyrrole nitrogens is 1. The van der Waals surface area contributed by atoms with Gasteiger partial charge in [-0.2, -0.15) is 14.5 Å². The van der Waals surface area contributed by atoms with Crippen LogP contribution in [0.4, 0.5) is 0 Å². The van der Waals surface area contributed by atoms with Crippen LogP contribution in [-0.2, 0) is 10.0 Å². The van der Waals surface area contributed by atoms with E-state index in [-0.39, 0.29) is 24.6 Å². The fourth-order valence-corrected chi connectivity index (χ4v) is 3.53. The van der Waals surface area contributed by atoms with Gasteiger partial charge in [-0.05, 0) is 13.0 Å². The summed E-state index contributed by atoms with van der Waals surface area (Å²) in [6, 6.07) is 2.84. The average molecular weight is 366 g/mol. The maximum absolute atomic E-state index is 12.7. The summed E-state index contributed by atoms with van der Waals surface area (Å²) < 4.78 is 25.9. The van der Waals surface area contributed by atoms with Crippen LogP contribution in [0.5, 0.6) is 0 Å². The molecule has 0 unspecified atom stereocenters. The van der Waals surface area contributed by atoms with Crippen molar-refractivity contribution in [3.63, 3.8) is 0 Å². The number of aromatic amines is 1. The number of rotatable bonds is 3. The van der Waals surface area contributed by atoms with E-state index in [2.05, 4.69) is 15.3 Å². The monoisotopic (exact) mass is 366 g/mol. The van der Waals surface area contributed by atoms with Gasteiger partial charge in [-0.25, -0.2) is 18.2 Å². The van der Waals surface area contributed by atoms with Crippen molar-refractivity contribution >= 4 is 15.9 Å². The molecule has 1 N–H and O–H groups in total. The van der Waals surface area contributed by atoms with Crippen molar-refractivity contribution in [2.45, 2.75) is 6.92 Å². The number of carbonyl (C=O) groups excluding carboxylic acids is 1. The van der Waals surface area contributed by atoms with Crippen LogP contribution in [0.15, 0.2) is 23.1 Å². The zero-order chi connectivity index (χ0) is 18.2. The lowest BCUT2D eigenvalue weighted by atomic mass is 10.2. The topological polar surface area (TPSA) is 121 Å². The molecule has 0 spiro atoms. The van der Waals surface area contributed by atoms with E-state index in [1.165, 1.54) is 27.3 Å². The molecule has 10 nitrogen and oxygen atoms in total. The normalized spacial score (nSPS) is 16.2. The minimum Gasteiger partial charge on any atom is -0.336 e. The summed E-state index contributed by atoms with van der Waals surface area (Å²) in [5.41, 5.74) is 0.685. The fraction of sp³-hybridized carbons (Fsp3) is 0.429. The molecule has 134 valence electrons. The lowest BCUT2D eigenvalue weighted by Gasteiger charge is -2.33. The molecule has 1 amide bonds. The number of sulfonamides is 1. The van der Waals surface area contributed by atoms with Crippen molar-refractivity contribution in [2.24, 2.45) is 0 Å². The molecule has 0 saturated carbocycles. The quantitative estimate of drug-likeness (QED) is 0.742. The highest BCUT2D eigenvalue weighted by Crippen LogP contribution is 2.16. The number of aromatic nitrogens is 4. The minimum atomic E-state index is -3.24. The van der Waals surface area contributed by atoms with Crippen LogP contribution in [0.1, 0.15) is 16.1 Å². The minimum absolute atomic E-state index is 0.207. The third-order valence-corrected chi connectivity index (χ3v) is 5.42. The molecule has 2 aromatic rings. The molecule has 1 aliphatic heterocycles. The van der Waals surface area contributed by atoms with Gasteiger partial charge in [-0.3, -0.25) is 9.59 Å². The van der Waals surface area contributed by atoms with E-state index in [9.17, 15) is 18.0 Å². The maximum atomic E-state index is 12.7. The van der Waals surface area contributed by atoms with Gasteiger partial charge in [0, 0.05) is 32.2 Å². The summed E-state index contributed by atoms with van der Waals surface area (Å²) in [6.45, 7) is 2.94. The number of amides is 1. The highest BCUT2D eigenvalue weighted by molar-refractivity contribution is 7.88. The van der Waals surface area contributed by atoms with E-state index in [1.54, 1.807) is 11.8 Å². The first-order chi connectivity index (χ1) is 11.8. The first-order valence-corrected chi connectivity index (χ1v) is 9.47.